The minimum Gasteiger partial charge on any atom is -0.497 e. The van der Waals surface area contributed by atoms with E-state index in [9.17, 15) is 4.79 Å². The van der Waals surface area contributed by atoms with Gasteiger partial charge in [0.2, 0.25) is 0 Å². The molecule has 0 unspecified atom stereocenters. The van der Waals surface area contributed by atoms with E-state index in [0.29, 0.717) is 5.88 Å². The third-order valence-corrected chi connectivity index (χ3v) is 6.78. The molecule has 0 atom stereocenters. The van der Waals surface area contributed by atoms with Gasteiger partial charge >= 0.3 is 0 Å². The molecule has 2 aromatic rings. The molecule has 2 aliphatic rings. The van der Waals surface area contributed by atoms with E-state index in [1.165, 1.54) is 11.1 Å². The summed E-state index contributed by atoms with van der Waals surface area (Å²) in [4.78, 5) is 17.9. The van der Waals surface area contributed by atoms with E-state index in [2.05, 4.69) is 39.4 Å². The zero-order chi connectivity index (χ0) is 23.0. The van der Waals surface area contributed by atoms with Gasteiger partial charge in [0, 0.05) is 49.7 Å². The van der Waals surface area contributed by atoms with Crippen LogP contribution in [0.1, 0.15) is 36.0 Å². The van der Waals surface area contributed by atoms with E-state index in [4.69, 9.17) is 16.3 Å². The number of alkyl halides is 1. The Labute approximate surface area is 202 Å². The molecule has 0 bridgehead atoms. The number of benzene rings is 2. The molecule has 1 aliphatic heterocycles. The lowest BCUT2D eigenvalue weighted by Gasteiger charge is -2.23. The molecule has 176 valence electrons. The summed E-state index contributed by atoms with van der Waals surface area (Å²) in [5.74, 6) is 1.73. The van der Waals surface area contributed by atoms with Gasteiger partial charge in [0.25, 0.3) is 0 Å². The van der Waals surface area contributed by atoms with Gasteiger partial charge in [-0.25, -0.2) is 0 Å². The zero-order valence-electron chi connectivity index (χ0n) is 19.4. The molecule has 1 saturated heterocycles. The number of ether oxygens (including phenoxy) is 1. The van der Waals surface area contributed by atoms with Crippen LogP contribution in [0.3, 0.4) is 0 Å². The Hall–Kier alpha value is -2.34. The number of carbonyl (C=O) groups excluding carboxylic acids is 1. The number of rotatable bonds is 10. The molecule has 0 radical (unpaired) electrons. The van der Waals surface area contributed by atoms with Crippen LogP contribution >= 0.6 is 11.6 Å². The molecule has 6 heteroatoms. The second kappa shape index (κ2) is 11.7. The molecular weight excluding hydrogens is 434 g/mol. The first-order chi connectivity index (χ1) is 16.2. The third kappa shape index (κ3) is 6.59. The Balaban J connectivity index is 1.35. The number of Topliss-reactive ketones (excluding diaryl/α,β-unsaturated/α-hetero) is 1. The first-order valence-electron chi connectivity index (χ1n) is 11.9. The summed E-state index contributed by atoms with van der Waals surface area (Å²) in [5.41, 5.74) is 4.21. The number of nitrogens with one attached hydrogen (secondary N) is 1. The van der Waals surface area contributed by atoms with Gasteiger partial charge in [0.15, 0.2) is 5.78 Å². The van der Waals surface area contributed by atoms with Crippen molar-refractivity contribution in [2.45, 2.75) is 31.7 Å². The monoisotopic (exact) mass is 467 g/mol. The van der Waals surface area contributed by atoms with Gasteiger partial charge in [0.05, 0.1) is 13.8 Å². The van der Waals surface area contributed by atoms with Crippen LogP contribution in [-0.2, 0) is 17.2 Å². The highest BCUT2D eigenvalue weighted by atomic mass is 35.5. The van der Waals surface area contributed by atoms with Crippen molar-refractivity contribution < 1.29 is 9.53 Å². The van der Waals surface area contributed by atoms with E-state index in [1.807, 2.05) is 30.5 Å². The van der Waals surface area contributed by atoms with Crippen LogP contribution in [0.25, 0.3) is 5.57 Å². The number of ketones is 1. The largest absolute Gasteiger partial charge is 0.497 e. The number of methoxy groups -OCH3 is 1. The molecule has 0 amide bonds. The summed E-state index contributed by atoms with van der Waals surface area (Å²) in [6, 6.07) is 16.2. The van der Waals surface area contributed by atoms with E-state index >= 15 is 0 Å². The Morgan fingerprint density at radius 2 is 1.82 bits per heavy atom. The van der Waals surface area contributed by atoms with Crippen molar-refractivity contribution in [2.75, 3.05) is 40.0 Å². The van der Waals surface area contributed by atoms with Gasteiger partial charge in [-0.1, -0.05) is 36.4 Å². The molecular formula is C27H34ClN3O2. The minimum absolute atomic E-state index is 0.173. The quantitative estimate of drug-likeness (QED) is 0.411. The lowest BCUT2D eigenvalue weighted by atomic mass is 9.99. The van der Waals surface area contributed by atoms with Crippen molar-refractivity contribution in [1.82, 2.24) is 15.1 Å². The van der Waals surface area contributed by atoms with Gasteiger partial charge in [-0.3, -0.25) is 14.6 Å². The molecule has 1 aliphatic carbocycles. The number of allylic oxidation sites excluding steroid dienone is 1. The normalized spacial score (nSPS) is 18.1. The van der Waals surface area contributed by atoms with Crippen molar-refractivity contribution in [3.05, 3.63) is 71.4 Å². The number of hydrogen-bond donors (Lipinski definition) is 1. The Kier molecular flexibility index (Phi) is 8.43. The van der Waals surface area contributed by atoms with Crippen molar-refractivity contribution in [3.8, 4) is 5.75 Å². The SMILES string of the molecule is COc1cccc(/C(=C\NCN2CCCN(Cc3ccccc3CCl)CC2)C(=O)C2CC2)c1. The summed E-state index contributed by atoms with van der Waals surface area (Å²) < 4.78 is 5.36. The summed E-state index contributed by atoms with van der Waals surface area (Å²) >= 11 is 6.12. The van der Waals surface area contributed by atoms with E-state index < -0.39 is 0 Å². The van der Waals surface area contributed by atoms with Crippen LogP contribution in [0.15, 0.2) is 54.7 Å². The van der Waals surface area contributed by atoms with Crippen LogP contribution in [0.2, 0.25) is 0 Å². The second-order valence-corrected chi connectivity index (χ2v) is 9.21. The zero-order valence-corrected chi connectivity index (χ0v) is 20.2. The molecule has 33 heavy (non-hydrogen) atoms. The number of carbonyl (C=O) groups is 1. The standard InChI is InChI=1S/C27H34ClN3O2/c1-33-25-9-4-8-22(16-25)26(27(32)21-10-11-21)18-29-20-31-13-5-12-30(14-15-31)19-24-7-3-2-6-23(24)17-28/h2-4,6-9,16,18,21,29H,5,10-15,17,19-20H2,1H3/b26-18+. The summed E-state index contributed by atoms with van der Waals surface area (Å²) in [5, 5.41) is 3.43. The maximum absolute atomic E-state index is 12.9. The highest BCUT2D eigenvalue weighted by Crippen LogP contribution is 2.35. The average Bonchev–Trinajstić information content (AvgIpc) is 3.71. The molecule has 0 aromatic heterocycles. The van der Waals surface area contributed by atoms with Gasteiger partial charge in [-0.05, 0) is 54.6 Å². The van der Waals surface area contributed by atoms with E-state index in [0.717, 1.165) is 75.5 Å². The van der Waals surface area contributed by atoms with Crippen LogP contribution < -0.4 is 10.1 Å². The highest BCUT2D eigenvalue weighted by Gasteiger charge is 2.32. The first-order valence-corrected chi connectivity index (χ1v) is 12.4. The number of nitrogens with zero attached hydrogens (tertiary/aromatic N) is 2. The van der Waals surface area contributed by atoms with Gasteiger partial charge in [0.1, 0.15) is 5.75 Å². The fourth-order valence-corrected chi connectivity index (χ4v) is 4.61. The summed E-state index contributed by atoms with van der Waals surface area (Å²) in [6.07, 6.45) is 5.02. The van der Waals surface area contributed by atoms with Gasteiger partial charge in [-0.15, -0.1) is 11.6 Å². The van der Waals surface area contributed by atoms with E-state index in [-0.39, 0.29) is 11.7 Å². The van der Waals surface area contributed by atoms with Crippen molar-refractivity contribution in [3.63, 3.8) is 0 Å². The van der Waals surface area contributed by atoms with Crippen LogP contribution in [0.5, 0.6) is 5.75 Å². The van der Waals surface area contributed by atoms with Crippen LogP contribution in [0, 0.1) is 5.92 Å². The fraction of sp³-hybridized carbons (Fsp3) is 0.444. The van der Waals surface area contributed by atoms with Crippen LogP contribution in [0.4, 0.5) is 0 Å². The predicted molar refractivity (Wildman–Crippen MR) is 134 cm³/mol. The minimum atomic E-state index is 0.173. The van der Waals surface area contributed by atoms with Gasteiger partial charge < -0.3 is 10.1 Å². The third-order valence-electron chi connectivity index (χ3n) is 6.49. The summed E-state index contributed by atoms with van der Waals surface area (Å²) in [6.45, 7) is 5.82. The van der Waals surface area contributed by atoms with Crippen molar-refractivity contribution in [2.24, 2.45) is 5.92 Å². The Bertz CT molecular complexity index is 973. The maximum Gasteiger partial charge on any atom is 0.167 e. The number of hydrogen-bond acceptors (Lipinski definition) is 5. The fourth-order valence-electron chi connectivity index (χ4n) is 4.35. The molecule has 1 heterocycles. The van der Waals surface area contributed by atoms with Crippen LogP contribution in [-0.4, -0.2) is 55.5 Å². The average molecular weight is 468 g/mol. The molecule has 0 spiro atoms. The summed E-state index contributed by atoms with van der Waals surface area (Å²) in [7, 11) is 1.65. The Morgan fingerprint density at radius 1 is 1.06 bits per heavy atom. The molecule has 2 aromatic carbocycles. The predicted octanol–water partition coefficient (Wildman–Crippen LogP) is 4.51. The van der Waals surface area contributed by atoms with Crippen molar-refractivity contribution >= 4 is 23.0 Å². The molecule has 5 nitrogen and oxygen atoms in total. The lowest BCUT2D eigenvalue weighted by Crippen LogP contribution is -2.35. The molecule has 1 N–H and O–H groups in total. The topological polar surface area (TPSA) is 44.8 Å². The second-order valence-electron chi connectivity index (χ2n) is 8.94. The molecule has 2 fully saturated rings. The number of halogens is 1. The van der Waals surface area contributed by atoms with Gasteiger partial charge in [-0.2, -0.15) is 0 Å². The molecule has 1 saturated carbocycles. The Morgan fingerprint density at radius 3 is 2.58 bits per heavy atom. The first kappa shape index (κ1) is 23.8. The lowest BCUT2D eigenvalue weighted by molar-refractivity contribution is -0.114. The van der Waals surface area contributed by atoms with Crippen molar-refractivity contribution in [1.29, 1.82) is 0 Å². The maximum atomic E-state index is 12.9. The molecule has 4 rings (SSSR count). The smallest absolute Gasteiger partial charge is 0.167 e. The van der Waals surface area contributed by atoms with E-state index in [1.54, 1.807) is 7.11 Å². The highest BCUT2D eigenvalue weighted by molar-refractivity contribution is 6.22.